The summed E-state index contributed by atoms with van der Waals surface area (Å²) >= 11 is 0. The van der Waals surface area contributed by atoms with Crippen molar-refractivity contribution in [1.82, 2.24) is 0 Å². The molecule has 0 saturated carbocycles. The molecule has 0 fully saturated rings. The first-order chi connectivity index (χ1) is 9.50. The van der Waals surface area contributed by atoms with Crippen LogP contribution in [-0.4, -0.2) is 33.6 Å². The lowest BCUT2D eigenvalue weighted by Gasteiger charge is -2.15. The van der Waals surface area contributed by atoms with Crippen LogP contribution in [0.3, 0.4) is 0 Å². The zero-order valence-electron chi connectivity index (χ0n) is 12.3. The molecule has 0 aromatic heterocycles. The number of ether oxygens (including phenoxy) is 1. The molecule has 0 radical (unpaired) electrons. The van der Waals surface area contributed by atoms with Crippen LogP contribution in [0.4, 0.5) is 0 Å². The van der Waals surface area contributed by atoms with E-state index in [9.17, 15) is 8.42 Å². The molecule has 2 N–H and O–H groups in total. The summed E-state index contributed by atoms with van der Waals surface area (Å²) in [6.07, 6.45) is 2.42. The van der Waals surface area contributed by atoms with Crippen LogP contribution in [0.5, 0.6) is 5.75 Å². The number of hydrogen-bond acceptors (Lipinski definition) is 4. The molecule has 0 amide bonds. The standard InChI is InChI=1S/C15H25NO3S/c1-3-20(17,18)10-4-5-14(12-16)11-13-6-8-15(19-2)9-7-13/h6-9,14H,3-5,10-12,16H2,1-2H3. The summed E-state index contributed by atoms with van der Waals surface area (Å²) in [6.45, 7) is 2.27. The van der Waals surface area contributed by atoms with Crippen molar-refractivity contribution in [2.45, 2.75) is 26.2 Å². The zero-order chi connectivity index (χ0) is 15.0. The average Bonchev–Trinajstić information content (AvgIpc) is 2.46. The maximum atomic E-state index is 11.5. The minimum absolute atomic E-state index is 0.221. The predicted octanol–water partition coefficient (Wildman–Crippen LogP) is 2.03. The molecule has 1 unspecified atom stereocenters. The van der Waals surface area contributed by atoms with Crippen LogP contribution in [0, 0.1) is 5.92 Å². The van der Waals surface area contributed by atoms with Crippen LogP contribution in [0.15, 0.2) is 24.3 Å². The summed E-state index contributed by atoms with van der Waals surface area (Å²) < 4.78 is 28.0. The Morgan fingerprint density at radius 2 is 1.90 bits per heavy atom. The van der Waals surface area contributed by atoms with Gasteiger partial charge in [0.05, 0.1) is 12.9 Å². The molecule has 0 spiro atoms. The van der Waals surface area contributed by atoms with Gasteiger partial charge in [-0.3, -0.25) is 0 Å². The van der Waals surface area contributed by atoms with Gasteiger partial charge in [0.25, 0.3) is 0 Å². The summed E-state index contributed by atoms with van der Waals surface area (Å²) in [7, 11) is -1.22. The van der Waals surface area contributed by atoms with E-state index in [1.165, 1.54) is 5.56 Å². The van der Waals surface area contributed by atoms with Crippen LogP contribution >= 0.6 is 0 Å². The SMILES string of the molecule is CCS(=O)(=O)CCCC(CN)Cc1ccc(OC)cc1. The minimum atomic E-state index is -2.86. The van der Waals surface area contributed by atoms with Crippen molar-refractivity contribution in [3.63, 3.8) is 0 Å². The number of sulfone groups is 1. The van der Waals surface area contributed by atoms with E-state index in [2.05, 4.69) is 0 Å². The van der Waals surface area contributed by atoms with Crippen molar-refractivity contribution in [2.24, 2.45) is 11.7 Å². The molecule has 1 aromatic carbocycles. The van der Waals surface area contributed by atoms with Crippen LogP contribution in [0.2, 0.25) is 0 Å². The molecule has 0 aliphatic rings. The molecule has 4 nitrogen and oxygen atoms in total. The van der Waals surface area contributed by atoms with Crippen LogP contribution in [-0.2, 0) is 16.3 Å². The molecule has 1 atom stereocenters. The zero-order valence-corrected chi connectivity index (χ0v) is 13.2. The summed E-state index contributed by atoms with van der Waals surface area (Å²) in [5.41, 5.74) is 6.99. The van der Waals surface area contributed by atoms with E-state index in [0.717, 1.165) is 18.6 Å². The highest BCUT2D eigenvalue weighted by Gasteiger charge is 2.12. The topological polar surface area (TPSA) is 69.4 Å². The Bertz CT molecular complexity index is 482. The predicted molar refractivity (Wildman–Crippen MR) is 82.8 cm³/mol. The molecular weight excluding hydrogens is 274 g/mol. The first-order valence-electron chi connectivity index (χ1n) is 7.04. The Kier molecular flexibility index (Phi) is 7.02. The largest absolute Gasteiger partial charge is 0.497 e. The third-order valence-electron chi connectivity index (χ3n) is 3.52. The van der Waals surface area contributed by atoms with Gasteiger partial charge >= 0.3 is 0 Å². The molecule has 0 aliphatic heterocycles. The third-order valence-corrected chi connectivity index (χ3v) is 5.31. The van der Waals surface area contributed by atoms with Gasteiger partial charge in [-0.25, -0.2) is 8.42 Å². The maximum Gasteiger partial charge on any atom is 0.150 e. The van der Waals surface area contributed by atoms with E-state index in [0.29, 0.717) is 18.9 Å². The van der Waals surface area contributed by atoms with Crippen molar-refractivity contribution in [2.75, 3.05) is 25.2 Å². The molecule has 20 heavy (non-hydrogen) atoms. The number of methoxy groups -OCH3 is 1. The fourth-order valence-corrected chi connectivity index (χ4v) is 3.03. The lowest BCUT2D eigenvalue weighted by Crippen LogP contribution is -2.18. The van der Waals surface area contributed by atoms with Crippen molar-refractivity contribution in [3.8, 4) is 5.75 Å². The Hall–Kier alpha value is -1.07. The number of rotatable bonds is 9. The number of nitrogens with two attached hydrogens (primary N) is 1. The van der Waals surface area contributed by atoms with Gasteiger partial charge in [0.1, 0.15) is 15.6 Å². The summed E-state index contributed by atoms with van der Waals surface area (Å²) in [5.74, 6) is 1.66. The first kappa shape index (κ1) is 17.0. The van der Waals surface area contributed by atoms with Crippen molar-refractivity contribution >= 4 is 9.84 Å². The highest BCUT2D eigenvalue weighted by atomic mass is 32.2. The Balaban J connectivity index is 2.46. The summed E-state index contributed by atoms with van der Waals surface area (Å²) in [4.78, 5) is 0. The van der Waals surface area contributed by atoms with Crippen LogP contribution in [0.25, 0.3) is 0 Å². The van der Waals surface area contributed by atoms with E-state index in [4.69, 9.17) is 10.5 Å². The van der Waals surface area contributed by atoms with Gasteiger partial charge < -0.3 is 10.5 Å². The van der Waals surface area contributed by atoms with E-state index < -0.39 is 9.84 Å². The highest BCUT2D eigenvalue weighted by Crippen LogP contribution is 2.17. The van der Waals surface area contributed by atoms with Gasteiger partial charge in [0.15, 0.2) is 0 Å². The second-order valence-electron chi connectivity index (χ2n) is 5.03. The molecule has 0 heterocycles. The number of hydrogen-bond donors (Lipinski definition) is 1. The molecule has 0 bridgehead atoms. The Morgan fingerprint density at radius 1 is 1.25 bits per heavy atom. The van der Waals surface area contributed by atoms with E-state index in [1.54, 1.807) is 14.0 Å². The van der Waals surface area contributed by atoms with Gasteiger partial charge in [0, 0.05) is 5.75 Å². The van der Waals surface area contributed by atoms with Crippen molar-refractivity contribution in [3.05, 3.63) is 29.8 Å². The van der Waals surface area contributed by atoms with Gasteiger partial charge in [-0.05, 0) is 49.4 Å². The molecular formula is C15H25NO3S. The Labute approximate surface area is 122 Å². The van der Waals surface area contributed by atoms with E-state index in [-0.39, 0.29) is 11.5 Å². The lowest BCUT2D eigenvalue weighted by molar-refractivity contribution is 0.414. The fraction of sp³-hybridized carbons (Fsp3) is 0.600. The Morgan fingerprint density at radius 3 is 2.40 bits per heavy atom. The van der Waals surface area contributed by atoms with Gasteiger partial charge in [-0.15, -0.1) is 0 Å². The second kappa shape index (κ2) is 8.27. The quantitative estimate of drug-likeness (QED) is 0.757. The van der Waals surface area contributed by atoms with Gasteiger partial charge in [0.2, 0.25) is 0 Å². The molecule has 1 rings (SSSR count). The maximum absolute atomic E-state index is 11.5. The van der Waals surface area contributed by atoms with Crippen molar-refractivity contribution in [1.29, 1.82) is 0 Å². The first-order valence-corrected chi connectivity index (χ1v) is 8.86. The highest BCUT2D eigenvalue weighted by molar-refractivity contribution is 7.91. The van der Waals surface area contributed by atoms with E-state index in [1.807, 2.05) is 24.3 Å². The molecule has 1 aromatic rings. The second-order valence-corrected chi connectivity index (χ2v) is 7.51. The van der Waals surface area contributed by atoms with Gasteiger partial charge in [-0.1, -0.05) is 19.1 Å². The molecule has 114 valence electrons. The average molecular weight is 299 g/mol. The lowest BCUT2D eigenvalue weighted by atomic mass is 9.95. The normalized spacial score (nSPS) is 13.2. The monoisotopic (exact) mass is 299 g/mol. The number of benzene rings is 1. The fourth-order valence-electron chi connectivity index (χ4n) is 2.13. The third kappa shape index (κ3) is 5.92. The molecule has 0 aliphatic carbocycles. The summed E-state index contributed by atoms with van der Waals surface area (Å²) in [6, 6.07) is 7.93. The molecule has 0 saturated heterocycles. The van der Waals surface area contributed by atoms with Gasteiger partial charge in [-0.2, -0.15) is 0 Å². The van der Waals surface area contributed by atoms with E-state index >= 15 is 0 Å². The smallest absolute Gasteiger partial charge is 0.150 e. The molecule has 5 heteroatoms. The van der Waals surface area contributed by atoms with Crippen molar-refractivity contribution < 1.29 is 13.2 Å². The van der Waals surface area contributed by atoms with Crippen LogP contribution < -0.4 is 10.5 Å². The summed E-state index contributed by atoms with van der Waals surface area (Å²) in [5, 5.41) is 0. The van der Waals surface area contributed by atoms with Crippen LogP contribution in [0.1, 0.15) is 25.3 Å². The minimum Gasteiger partial charge on any atom is -0.497 e.